The molecule has 0 unspecified atom stereocenters. The summed E-state index contributed by atoms with van der Waals surface area (Å²) < 4.78 is 18.4. The summed E-state index contributed by atoms with van der Waals surface area (Å²) in [6.07, 6.45) is 5.07. The molecule has 1 N–H and O–H groups in total. The van der Waals surface area contributed by atoms with Gasteiger partial charge in [0.1, 0.15) is 11.6 Å². The summed E-state index contributed by atoms with van der Waals surface area (Å²) in [5.74, 6) is 0.701. The minimum Gasteiger partial charge on any atom is -0.494 e. The van der Waals surface area contributed by atoms with Crippen LogP contribution in [0.1, 0.15) is 12.0 Å². The van der Waals surface area contributed by atoms with Gasteiger partial charge in [0.25, 0.3) is 0 Å². The van der Waals surface area contributed by atoms with Crippen LogP contribution >= 0.6 is 0 Å². The molecular weight excluding hydrogens is 307 g/mol. The van der Waals surface area contributed by atoms with Crippen molar-refractivity contribution in [2.75, 3.05) is 26.2 Å². The van der Waals surface area contributed by atoms with Crippen LogP contribution in [0, 0.1) is 11.7 Å². The van der Waals surface area contributed by atoms with Gasteiger partial charge in [-0.25, -0.2) is 4.39 Å². The molecule has 0 saturated carbocycles. The number of aromatic nitrogens is 1. The average molecular weight is 330 g/mol. The van der Waals surface area contributed by atoms with Crippen molar-refractivity contribution >= 4 is 0 Å². The number of halogens is 1. The van der Waals surface area contributed by atoms with Crippen molar-refractivity contribution in [2.24, 2.45) is 5.92 Å². The molecule has 4 nitrogen and oxygen atoms in total. The molecule has 1 aliphatic heterocycles. The molecule has 0 aliphatic carbocycles. The number of benzene rings is 1. The Morgan fingerprint density at radius 3 is 2.62 bits per heavy atom. The first-order valence-corrected chi connectivity index (χ1v) is 8.38. The molecule has 0 amide bonds. The molecular formula is C19H23FN2O2. The molecule has 0 radical (unpaired) electrons. The minimum atomic E-state index is -0.281. The van der Waals surface area contributed by atoms with Crippen LogP contribution < -0.4 is 4.74 Å². The maximum atomic E-state index is 12.8. The topological polar surface area (TPSA) is 45.6 Å². The minimum absolute atomic E-state index is 0.256. The second kappa shape index (κ2) is 8.22. The van der Waals surface area contributed by atoms with Gasteiger partial charge >= 0.3 is 0 Å². The van der Waals surface area contributed by atoms with Crippen LogP contribution in [0.15, 0.2) is 48.8 Å². The summed E-state index contributed by atoms with van der Waals surface area (Å²) in [5, 5.41) is 10.3. The fraction of sp³-hybridized carbons (Fsp3) is 0.421. The normalized spacial score (nSPS) is 21.1. The van der Waals surface area contributed by atoms with E-state index < -0.39 is 0 Å². The van der Waals surface area contributed by atoms with Crippen LogP contribution in [0.2, 0.25) is 0 Å². The number of aliphatic hydroxyl groups excluding tert-OH is 1. The van der Waals surface area contributed by atoms with Gasteiger partial charge in [0, 0.05) is 37.9 Å². The molecule has 1 aromatic carbocycles. The largest absolute Gasteiger partial charge is 0.494 e. The van der Waals surface area contributed by atoms with Crippen molar-refractivity contribution < 1.29 is 14.2 Å². The van der Waals surface area contributed by atoms with Crippen LogP contribution in [0.25, 0.3) is 0 Å². The number of rotatable bonds is 7. The van der Waals surface area contributed by atoms with E-state index in [-0.39, 0.29) is 17.8 Å². The zero-order valence-electron chi connectivity index (χ0n) is 13.6. The van der Waals surface area contributed by atoms with E-state index in [0.717, 1.165) is 25.9 Å². The van der Waals surface area contributed by atoms with Crippen LogP contribution in [-0.4, -0.2) is 47.3 Å². The van der Waals surface area contributed by atoms with Crippen molar-refractivity contribution in [3.8, 4) is 5.75 Å². The average Bonchev–Trinajstić information content (AvgIpc) is 2.94. The Morgan fingerprint density at radius 1 is 1.12 bits per heavy atom. The fourth-order valence-electron chi connectivity index (χ4n) is 3.16. The first kappa shape index (κ1) is 16.9. The number of β-amino-alcohol motifs (C(OH)–C–C–N with tert-alkyl or cyclic N) is 1. The second-order valence-corrected chi connectivity index (χ2v) is 6.30. The quantitative estimate of drug-likeness (QED) is 0.793. The second-order valence-electron chi connectivity index (χ2n) is 6.30. The molecule has 3 rings (SSSR count). The number of aliphatic hydroxyl groups is 1. The predicted molar refractivity (Wildman–Crippen MR) is 90.4 cm³/mol. The van der Waals surface area contributed by atoms with Gasteiger partial charge in [-0.2, -0.15) is 0 Å². The molecule has 2 heterocycles. The Labute approximate surface area is 141 Å². The van der Waals surface area contributed by atoms with Gasteiger partial charge in [0.2, 0.25) is 0 Å². The molecule has 0 bridgehead atoms. The van der Waals surface area contributed by atoms with Crippen LogP contribution in [0.5, 0.6) is 5.75 Å². The highest BCUT2D eigenvalue weighted by atomic mass is 19.1. The van der Waals surface area contributed by atoms with Crippen LogP contribution in [-0.2, 0) is 6.42 Å². The Balaban J connectivity index is 1.38. The zero-order chi connectivity index (χ0) is 16.8. The van der Waals surface area contributed by atoms with E-state index in [2.05, 4.69) is 9.88 Å². The standard InChI is InChI=1S/C19H23FN2O2/c20-17-2-4-18(5-3-17)24-11-1-10-22-13-16(19(23)14-22)12-15-6-8-21-9-7-15/h2-9,16,19,23H,1,10-14H2/t16-,19-/m1/s1. The highest BCUT2D eigenvalue weighted by Crippen LogP contribution is 2.21. The van der Waals surface area contributed by atoms with Crippen molar-refractivity contribution in [3.05, 3.63) is 60.2 Å². The summed E-state index contributed by atoms with van der Waals surface area (Å²) >= 11 is 0. The summed E-state index contributed by atoms with van der Waals surface area (Å²) in [6.45, 7) is 3.10. The molecule has 2 aromatic rings. The zero-order valence-corrected chi connectivity index (χ0v) is 13.6. The van der Waals surface area contributed by atoms with Crippen LogP contribution in [0.3, 0.4) is 0 Å². The Hall–Kier alpha value is -1.98. The first-order valence-electron chi connectivity index (χ1n) is 8.38. The summed E-state index contributed by atoms with van der Waals surface area (Å²) in [4.78, 5) is 6.31. The molecule has 128 valence electrons. The lowest BCUT2D eigenvalue weighted by atomic mass is 9.97. The van der Waals surface area contributed by atoms with Crippen molar-refractivity contribution in [2.45, 2.75) is 18.9 Å². The highest BCUT2D eigenvalue weighted by Gasteiger charge is 2.30. The van der Waals surface area contributed by atoms with E-state index >= 15 is 0 Å². The molecule has 0 spiro atoms. The Bertz CT molecular complexity index is 621. The SMILES string of the molecule is O[C@@H]1CN(CCCOc2ccc(F)cc2)C[C@H]1Cc1ccncc1. The number of nitrogens with zero attached hydrogens (tertiary/aromatic N) is 2. The maximum absolute atomic E-state index is 12.8. The van der Waals surface area contributed by atoms with Crippen LogP contribution in [0.4, 0.5) is 4.39 Å². The lowest BCUT2D eigenvalue weighted by molar-refractivity contribution is 0.140. The number of hydrogen-bond acceptors (Lipinski definition) is 4. The maximum Gasteiger partial charge on any atom is 0.123 e. The van der Waals surface area contributed by atoms with E-state index in [1.807, 2.05) is 12.1 Å². The molecule has 1 aliphatic rings. The summed E-state index contributed by atoms with van der Waals surface area (Å²) in [6, 6.07) is 10.1. The fourth-order valence-corrected chi connectivity index (χ4v) is 3.16. The van der Waals surface area contributed by atoms with Gasteiger partial charge in [-0.1, -0.05) is 0 Å². The van der Waals surface area contributed by atoms with E-state index in [1.165, 1.54) is 17.7 Å². The predicted octanol–water partition coefficient (Wildman–Crippen LogP) is 2.53. The molecule has 1 saturated heterocycles. The third-order valence-electron chi connectivity index (χ3n) is 4.43. The van der Waals surface area contributed by atoms with Gasteiger partial charge in [0.15, 0.2) is 0 Å². The van der Waals surface area contributed by atoms with E-state index in [9.17, 15) is 9.50 Å². The van der Waals surface area contributed by atoms with Gasteiger partial charge in [0.05, 0.1) is 12.7 Å². The number of pyridine rings is 1. The third-order valence-corrected chi connectivity index (χ3v) is 4.43. The van der Waals surface area contributed by atoms with Crippen molar-refractivity contribution in [1.29, 1.82) is 0 Å². The lowest BCUT2D eigenvalue weighted by Crippen LogP contribution is -2.24. The molecule has 5 heteroatoms. The summed E-state index contributed by atoms with van der Waals surface area (Å²) in [7, 11) is 0. The summed E-state index contributed by atoms with van der Waals surface area (Å²) in [5.41, 5.74) is 1.22. The number of hydrogen-bond donors (Lipinski definition) is 1. The molecule has 2 atom stereocenters. The molecule has 1 fully saturated rings. The van der Waals surface area contributed by atoms with E-state index in [4.69, 9.17) is 4.74 Å². The first-order chi connectivity index (χ1) is 11.7. The number of ether oxygens (including phenoxy) is 1. The van der Waals surface area contributed by atoms with Gasteiger partial charge < -0.3 is 14.7 Å². The Morgan fingerprint density at radius 2 is 1.88 bits per heavy atom. The van der Waals surface area contributed by atoms with Gasteiger partial charge in [-0.3, -0.25) is 4.98 Å². The van der Waals surface area contributed by atoms with Crippen molar-refractivity contribution in [3.63, 3.8) is 0 Å². The number of likely N-dealkylation sites (tertiary alicyclic amines) is 1. The van der Waals surface area contributed by atoms with E-state index in [1.54, 1.807) is 24.5 Å². The van der Waals surface area contributed by atoms with Crippen molar-refractivity contribution in [1.82, 2.24) is 9.88 Å². The van der Waals surface area contributed by atoms with Gasteiger partial charge in [-0.15, -0.1) is 0 Å². The van der Waals surface area contributed by atoms with Gasteiger partial charge in [-0.05, 0) is 54.8 Å². The molecule has 1 aromatic heterocycles. The third kappa shape index (κ3) is 4.76. The lowest BCUT2D eigenvalue weighted by Gasteiger charge is -2.15. The highest BCUT2D eigenvalue weighted by molar-refractivity contribution is 5.21. The molecule has 24 heavy (non-hydrogen) atoms. The Kier molecular flexibility index (Phi) is 5.77. The van der Waals surface area contributed by atoms with E-state index in [0.29, 0.717) is 18.9 Å². The smallest absolute Gasteiger partial charge is 0.123 e. The monoisotopic (exact) mass is 330 g/mol.